The Morgan fingerprint density at radius 3 is 2.24 bits per heavy atom. The number of hydrogen-bond acceptors (Lipinski definition) is 3. The van der Waals surface area contributed by atoms with Gasteiger partial charge in [-0.15, -0.1) is 0 Å². The van der Waals surface area contributed by atoms with E-state index in [4.69, 9.17) is 9.47 Å². The zero-order valence-electron chi connectivity index (χ0n) is 12.5. The van der Waals surface area contributed by atoms with E-state index >= 15 is 0 Å². The number of benzene rings is 2. The first-order valence-corrected chi connectivity index (χ1v) is 7.71. The van der Waals surface area contributed by atoms with Gasteiger partial charge in [0.25, 0.3) is 0 Å². The summed E-state index contributed by atoms with van der Waals surface area (Å²) in [7, 11) is 3.31. The summed E-state index contributed by atoms with van der Waals surface area (Å²) < 4.78 is 11.7. The van der Waals surface area contributed by atoms with Crippen molar-refractivity contribution < 1.29 is 9.47 Å². The summed E-state index contributed by atoms with van der Waals surface area (Å²) in [5, 5.41) is 3.54. The highest BCUT2D eigenvalue weighted by Crippen LogP contribution is 2.32. The number of halogens is 1. The summed E-state index contributed by atoms with van der Waals surface area (Å²) in [6.45, 7) is 2.16. The molecule has 0 radical (unpaired) electrons. The highest BCUT2D eigenvalue weighted by atomic mass is 79.9. The van der Waals surface area contributed by atoms with Crippen molar-refractivity contribution in [2.75, 3.05) is 19.5 Å². The van der Waals surface area contributed by atoms with Crippen molar-refractivity contribution in [2.24, 2.45) is 0 Å². The molecule has 1 unspecified atom stereocenters. The fourth-order valence-electron chi connectivity index (χ4n) is 2.24. The predicted molar refractivity (Wildman–Crippen MR) is 90.3 cm³/mol. The molecule has 0 aromatic heterocycles. The zero-order chi connectivity index (χ0) is 15.2. The molecule has 3 nitrogen and oxygen atoms in total. The van der Waals surface area contributed by atoms with Crippen molar-refractivity contribution in [2.45, 2.75) is 19.4 Å². The number of rotatable bonds is 6. The molecule has 2 aromatic carbocycles. The second-order valence-electron chi connectivity index (χ2n) is 4.73. The zero-order valence-corrected chi connectivity index (χ0v) is 14.1. The molecule has 0 amide bonds. The lowest BCUT2D eigenvalue weighted by atomic mass is 10.0. The number of anilines is 1. The second-order valence-corrected chi connectivity index (χ2v) is 5.64. The third-order valence-corrected chi connectivity index (χ3v) is 3.93. The maximum absolute atomic E-state index is 5.38. The minimum Gasteiger partial charge on any atom is -0.493 e. The smallest absolute Gasteiger partial charge is 0.161 e. The Morgan fingerprint density at radius 2 is 1.67 bits per heavy atom. The van der Waals surface area contributed by atoms with Gasteiger partial charge >= 0.3 is 0 Å². The average Bonchev–Trinajstić information content (AvgIpc) is 2.53. The molecule has 0 heterocycles. The minimum atomic E-state index is 0.228. The number of ether oxygens (including phenoxy) is 2. The lowest BCUT2D eigenvalue weighted by molar-refractivity contribution is 0.354. The van der Waals surface area contributed by atoms with Gasteiger partial charge in [-0.25, -0.2) is 0 Å². The highest BCUT2D eigenvalue weighted by Gasteiger charge is 2.12. The lowest BCUT2D eigenvalue weighted by Gasteiger charge is -2.20. The molecule has 2 aromatic rings. The quantitative estimate of drug-likeness (QED) is 0.793. The van der Waals surface area contributed by atoms with E-state index < -0.39 is 0 Å². The first-order chi connectivity index (χ1) is 10.2. The van der Waals surface area contributed by atoms with Gasteiger partial charge in [0.15, 0.2) is 11.5 Å². The van der Waals surface area contributed by atoms with Crippen LogP contribution in [-0.2, 0) is 0 Å². The highest BCUT2D eigenvalue weighted by molar-refractivity contribution is 9.10. The SMILES string of the molecule is CCC(Nc1ccc(Br)cc1)c1ccc(OC)c(OC)c1. The van der Waals surface area contributed by atoms with E-state index in [2.05, 4.69) is 46.4 Å². The topological polar surface area (TPSA) is 30.5 Å². The van der Waals surface area contributed by atoms with E-state index in [0.29, 0.717) is 0 Å². The van der Waals surface area contributed by atoms with Crippen LogP contribution >= 0.6 is 15.9 Å². The van der Waals surface area contributed by atoms with Crippen LogP contribution in [0, 0.1) is 0 Å². The van der Waals surface area contributed by atoms with Crippen molar-refractivity contribution >= 4 is 21.6 Å². The monoisotopic (exact) mass is 349 g/mol. The molecular weight excluding hydrogens is 330 g/mol. The Bertz CT molecular complexity index is 584. The van der Waals surface area contributed by atoms with Gasteiger partial charge in [-0.3, -0.25) is 0 Å². The van der Waals surface area contributed by atoms with Gasteiger partial charge in [-0.05, 0) is 48.4 Å². The molecule has 0 saturated carbocycles. The van der Waals surface area contributed by atoms with Crippen LogP contribution < -0.4 is 14.8 Å². The van der Waals surface area contributed by atoms with E-state index in [9.17, 15) is 0 Å². The maximum atomic E-state index is 5.38. The summed E-state index contributed by atoms with van der Waals surface area (Å²) >= 11 is 3.45. The van der Waals surface area contributed by atoms with Gasteiger partial charge in [-0.1, -0.05) is 28.9 Å². The first-order valence-electron chi connectivity index (χ1n) is 6.92. The van der Waals surface area contributed by atoms with Crippen LogP contribution in [0.1, 0.15) is 24.9 Å². The lowest BCUT2D eigenvalue weighted by Crippen LogP contribution is -2.10. The van der Waals surface area contributed by atoms with E-state index in [1.54, 1.807) is 14.2 Å². The molecule has 0 saturated heterocycles. The molecule has 0 aliphatic rings. The van der Waals surface area contributed by atoms with Crippen LogP contribution in [0.2, 0.25) is 0 Å². The third-order valence-electron chi connectivity index (χ3n) is 3.40. The molecule has 4 heteroatoms. The number of hydrogen-bond donors (Lipinski definition) is 1. The van der Waals surface area contributed by atoms with Crippen LogP contribution in [0.15, 0.2) is 46.9 Å². The summed E-state index contributed by atoms with van der Waals surface area (Å²) in [6.07, 6.45) is 0.978. The molecule has 1 atom stereocenters. The normalized spacial score (nSPS) is 11.8. The standard InChI is InChI=1S/C17H20BrNO2/c1-4-15(19-14-8-6-13(18)7-9-14)12-5-10-16(20-2)17(11-12)21-3/h5-11,15,19H,4H2,1-3H3. The molecule has 21 heavy (non-hydrogen) atoms. The Kier molecular flexibility index (Phi) is 5.51. The van der Waals surface area contributed by atoms with E-state index in [1.165, 1.54) is 5.56 Å². The van der Waals surface area contributed by atoms with Gasteiger partial charge < -0.3 is 14.8 Å². The summed E-state index contributed by atoms with van der Waals surface area (Å²) in [5.41, 5.74) is 2.28. The number of nitrogens with one attached hydrogen (secondary N) is 1. The predicted octanol–water partition coefficient (Wildman–Crippen LogP) is 5.03. The van der Waals surface area contributed by atoms with E-state index in [1.807, 2.05) is 24.3 Å². The summed E-state index contributed by atoms with van der Waals surface area (Å²) in [6, 6.07) is 14.5. The first kappa shape index (κ1) is 15.7. The molecule has 0 fully saturated rings. The van der Waals surface area contributed by atoms with Crippen molar-refractivity contribution in [1.29, 1.82) is 0 Å². The molecule has 2 rings (SSSR count). The average molecular weight is 350 g/mol. The van der Waals surface area contributed by atoms with Gasteiger partial charge in [0.1, 0.15) is 0 Å². The van der Waals surface area contributed by atoms with Gasteiger partial charge in [0.05, 0.1) is 20.3 Å². The second kappa shape index (κ2) is 7.36. The molecule has 1 N–H and O–H groups in total. The van der Waals surface area contributed by atoms with Gasteiger partial charge in [-0.2, -0.15) is 0 Å². The van der Waals surface area contributed by atoms with Gasteiger partial charge in [0, 0.05) is 10.2 Å². The number of methoxy groups -OCH3 is 2. The Hall–Kier alpha value is -1.68. The third kappa shape index (κ3) is 3.91. The van der Waals surface area contributed by atoms with Gasteiger partial charge in [0.2, 0.25) is 0 Å². The minimum absolute atomic E-state index is 0.228. The van der Waals surface area contributed by atoms with Crippen LogP contribution in [-0.4, -0.2) is 14.2 Å². The molecule has 112 valence electrons. The summed E-state index contributed by atoms with van der Waals surface area (Å²) in [5.74, 6) is 1.51. The fourth-order valence-corrected chi connectivity index (χ4v) is 2.50. The molecule has 0 aliphatic heterocycles. The molecule has 0 spiro atoms. The van der Waals surface area contributed by atoms with Crippen molar-refractivity contribution in [1.82, 2.24) is 0 Å². The molecule has 0 bridgehead atoms. The van der Waals surface area contributed by atoms with E-state index in [-0.39, 0.29) is 6.04 Å². The van der Waals surface area contributed by atoms with Crippen molar-refractivity contribution in [3.05, 3.63) is 52.5 Å². The Labute approximate surface area is 134 Å². The van der Waals surface area contributed by atoms with Crippen LogP contribution in [0.5, 0.6) is 11.5 Å². The largest absolute Gasteiger partial charge is 0.493 e. The van der Waals surface area contributed by atoms with E-state index in [0.717, 1.165) is 28.1 Å². The Morgan fingerprint density at radius 1 is 1.00 bits per heavy atom. The van der Waals surface area contributed by atoms with Crippen LogP contribution in [0.3, 0.4) is 0 Å². The fraction of sp³-hybridized carbons (Fsp3) is 0.294. The van der Waals surface area contributed by atoms with Crippen molar-refractivity contribution in [3.63, 3.8) is 0 Å². The van der Waals surface area contributed by atoms with Crippen LogP contribution in [0.25, 0.3) is 0 Å². The van der Waals surface area contributed by atoms with Crippen LogP contribution in [0.4, 0.5) is 5.69 Å². The Balaban J connectivity index is 2.22. The van der Waals surface area contributed by atoms with Crippen molar-refractivity contribution in [3.8, 4) is 11.5 Å². The molecule has 0 aliphatic carbocycles. The summed E-state index contributed by atoms with van der Waals surface area (Å²) in [4.78, 5) is 0. The molecular formula is C17H20BrNO2. The maximum Gasteiger partial charge on any atom is 0.161 e.